The van der Waals surface area contributed by atoms with Crippen LogP contribution in [0.5, 0.6) is 5.75 Å². The molecule has 0 radical (unpaired) electrons. The minimum Gasteiger partial charge on any atom is -0.489 e. The molecule has 104 valence electrons. The summed E-state index contributed by atoms with van der Waals surface area (Å²) in [6.07, 6.45) is 4.49. The molecule has 0 bridgehead atoms. The third kappa shape index (κ3) is 4.27. The van der Waals surface area contributed by atoms with Crippen LogP contribution in [0.15, 0.2) is 60.2 Å². The van der Waals surface area contributed by atoms with Crippen molar-refractivity contribution < 1.29 is 4.74 Å². The zero-order chi connectivity index (χ0) is 14.2. The van der Waals surface area contributed by atoms with Crippen molar-refractivity contribution in [2.75, 3.05) is 0 Å². The largest absolute Gasteiger partial charge is 0.489 e. The molecule has 0 spiro atoms. The van der Waals surface area contributed by atoms with Gasteiger partial charge < -0.3 is 4.74 Å². The molecule has 0 fully saturated rings. The molecule has 0 aliphatic heterocycles. The highest BCUT2D eigenvalue weighted by Gasteiger charge is 1.97. The molecular weight excluding hydrogens is 244 g/mol. The van der Waals surface area contributed by atoms with E-state index in [9.17, 15) is 0 Å². The summed E-state index contributed by atoms with van der Waals surface area (Å²) in [5, 5.41) is 0. The first-order valence-corrected chi connectivity index (χ1v) is 7.28. The highest BCUT2D eigenvalue weighted by atomic mass is 16.5. The lowest BCUT2D eigenvalue weighted by Crippen LogP contribution is -1.94. The molecule has 0 heterocycles. The highest BCUT2D eigenvalue weighted by Crippen LogP contribution is 2.17. The average Bonchev–Trinajstić information content (AvgIpc) is 2.53. The van der Waals surface area contributed by atoms with E-state index in [2.05, 4.69) is 44.2 Å². The Morgan fingerprint density at radius 1 is 0.900 bits per heavy atom. The fourth-order valence-corrected chi connectivity index (χ4v) is 2.09. The van der Waals surface area contributed by atoms with Gasteiger partial charge in [0.25, 0.3) is 0 Å². The van der Waals surface area contributed by atoms with Crippen LogP contribution < -0.4 is 4.74 Å². The Kier molecular flexibility index (Phi) is 5.43. The lowest BCUT2D eigenvalue weighted by Gasteiger charge is -2.07. The number of ether oxygens (including phenoxy) is 1. The van der Waals surface area contributed by atoms with Crippen LogP contribution in [0.25, 0.3) is 6.08 Å². The molecule has 0 aliphatic carbocycles. The van der Waals surface area contributed by atoms with Crippen LogP contribution in [0.2, 0.25) is 0 Å². The lowest BCUT2D eigenvalue weighted by atomic mass is 10.1. The van der Waals surface area contributed by atoms with Crippen molar-refractivity contribution in [2.24, 2.45) is 0 Å². The van der Waals surface area contributed by atoms with E-state index in [0.29, 0.717) is 6.61 Å². The smallest absolute Gasteiger partial charge is 0.119 e. The summed E-state index contributed by atoms with van der Waals surface area (Å²) in [5.41, 5.74) is 3.91. The molecule has 0 N–H and O–H groups in total. The first kappa shape index (κ1) is 14.4. The summed E-state index contributed by atoms with van der Waals surface area (Å²) in [6, 6.07) is 18.5. The van der Waals surface area contributed by atoms with E-state index in [1.165, 1.54) is 16.7 Å². The van der Waals surface area contributed by atoms with Crippen LogP contribution in [0.4, 0.5) is 0 Å². The monoisotopic (exact) mass is 266 g/mol. The minimum atomic E-state index is 0.616. The van der Waals surface area contributed by atoms with Crippen LogP contribution in [0.1, 0.15) is 37.8 Å². The second-order valence-electron chi connectivity index (χ2n) is 4.85. The van der Waals surface area contributed by atoms with Crippen LogP contribution in [-0.4, -0.2) is 0 Å². The van der Waals surface area contributed by atoms with Crippen LogP contribution in [0, 0.1) is 0 Å². The number of hydrogen-bond donors (Lipinski definition) is 0. The molecule has 0 atom stereocenters. The van der Waals surface area contributed by atoms with E-state index < -0.39 is 0 Å². The Morgan fingerprint density at radius 2 is 1.55 bits per heavy atom. The second-order valence-corrected chi connectivity index (χ2v) is 4.85. The van der Waals surface area contributed by atoms with E-state index >= 15 is 0 Å². The molecule has 2 rings (SSSR count). The predicted octanol–water partition coefficient (Wildman–Crippen LogP) is 5.47. The van der Waals surface area contributed by atoms with Gasteiger partial charge in [-0.15, -0.1) is 0 Å². The number of hydrogen-bond acceptors (Lipinski definition) is 1. The van der Waals surface area contributed by atoms with Crippen LogP contribution in [0.3, 0.4) is 0 Å². The van der Waals surface area contributed by atoms with Crippen molar-refractivity contribution in [3.63, 3.8) is 0 Å². The van der Waals surface area contributed by atoms with E-state index in [1.54, 1.807) is 0 Å². The maximum atomic E-state index is 5.78. The molecule has 20 heavy (non-hydrogen) atoms. The molecule has 1 nitrogen and oxygen atoms in total. The van der Waals surface area contributed by atoms with Gasteiger partial charge in [-0.2, -0.15) is 0 Å². The molecular formula is C19H22O. The number of allylic oxidation sites excluding steroid dienone is 1. The molecule has 0 saturated heterocycles. The number of benzene rings is 2. The maximum Gasteiger partial charge on any atom is 0.119 e. The normalized spacial score (nSPS) is 10.1. The predicted molar refractivity (Wildman–Crippen MR) is 85.8 cm³/mol. The molecule has 0 saturated carbocycles. The SMILES string of the molecule is CCC(=Cc1ccc(OCc2ccccc2)cc1)CC. The van der Waals surface area contributed by atoms with Crippen molar-refractivity contribution in [1.82, 2.24) is 0 Å². The van der Waals surface area contributed by atoms with Crippen LogP contribution in [-0.2, 0) is 6.61 Å². The van der Waals surface area contributed by atoms with Gasteiger partial charge in [0.1, 0.15) is 12.4 Å². The average molecular weight is 266 g/mol. The molecule has 2 aromatic carbocycles. The topological polar surface area (TPSA) is 9.23 Å². The van der Waals surface area contributed by atoms with Crippen molar-refractivity contribution in [2.45, 2.75) is 33.3 Å². The Hall–Kier alpha value is -2.02. The van der Waals surface area contributed by atoms with Gasteiger partial charge in [-0.05, 0) is 36.1 Å². The summed E-state index contributed by atoms with van der Waals surface area (Å²) in [4.78, 5) is 0. The quantitative estimate of drug-likeness (QED) is 0.673. The van der Waals surface area contributed by atoms with E-state index in [-0.39, 0.29) is 0 Å². The minimum absolute atomic E-state index is 0.616. The number of rotatable bonds is 6. The van der Waals surface area contributed by atoms with Gasteiger partial charge in [0.15, 0.2) is 0 Å². The van der Waals surface area contributed by atoms with Gasteiger partial charge in [-0.25, -0.2) is 0 Å². The van der Waals surface area contributed by atoms with Crippen molar-refractivity contribution in [3.05, 3.63) is 71.3 Å². The lowest BCUT2D eigenvalue weighted by molar-refractivity contribution is 0.306. The van der Waals surface area contributed by atoms with Gasteiger partial charge in [-0.3, -0.25) is 0 Å². The van der Waals surface area contributed by atoms with Gasteiger partial charge >= 0.3 is 0 Å². The fourth-order valence-electron chi connectivity index (χ4n) is 2.09. The first-order valence-electron chi connectivity index (χ1n) is 7.28. The Labute approximate surface area is 121 Å². The van der Waals surface area contributed by atoms with Gasteiger partial charge in [0.05, 0.1) is 0 Å². The Bertz CT molecular complexity index is 532. The molecule has 0 amide bonds. The fraction of sp³-hybridized carbons (Fsp3) is 0.263. The summed E-state index contributed by atoms with van der Waals surface area (Å²) in [7, 11) is 0. The zero-order valence-electron chi connectivity index (χ0n) is 12.3. The molecule has 0 aromatic heterocycles. The summed E-state index contributed by atoms with van der Waals surface area (Å²) < 4.78 is 5.78. The van der Waals surface area contributed by atoms with Gasteiger partial charge in [0.2, 0.25) is 0 Å². The summed E-state index contributed by atoms with van der Waals surface area (Å²) in [6.45, 7) is 5.02. The standard InChI is InChI=1S/C19H22O/c1-3-16(4-2)14-17-10-12-19(13-11-17)20-15-18-8-6-5-7-9-18/h5-14H,3-4,15H2,1-2H3. The molecule has 0 aliphatic rings. The third-order valence-corrected chi connectivity index (χ3v) is 3.41. The second kappa shape index (κ2) is 7.54. The van der Waals surface area contributed by atoms with Gasteiger partial charge in [-0.1, -0.05) is 68.0 Å². The van der Waals surface area contributed by atoms with E-state index in [0.717, 1.165) is 18.6 Å². The molecule has 2 aromatic rings. The highest BCUT2D eigenvalue weighted by molar-refractivity contribution is 5.53. The Balaban J connectivity index is 1.96. The van der Waals surface area contributed by atoms with Crippen molar-refractivity contribution in [1.29, 1.82) is 0 Å². The van der Waals surface area contributed by atoms with Crippen molar-refractivity contribution >= 4 is 6.08 Å². The van der Waals surface area contributed by atoms with E-state index in [4.69, 9.17) is 4.74 Å². The summed E-state index contributed by atoms with van der Waals surface area (Å²) in [5.74, 6) is 0.917. The van der Waals surface area contributed by atoms with Gasteiger partial charge in [0, 0.05) is 0 Å². The first-order chi connectivity index (χ1) is 9.81. The summed E-state index contributed by atoms with van der Waals surface area (Å²) >= 11 is 0. The van der Waals surface area contributed by atoms with E-state index in [1.807, 2.05) is 30.3 Å². The van der Waals surface area contributed by atoms with Crippen LogP contribution >= 0.6 is 0 Å². The zero-order valence-corrected chi connectivity index (χ0v) is 12.3. The molecule has 1 heteroatoms. The maximum absolute atomic E-state index is 5.78. The third-order valence-electron chi connectivity index (χ3n) is 3.41. The Morgan fingerprint density at radius 3 is 2.15 bits per heavy atom. The molecule has 0 unspecified atom stereocenters. The van der Waals surface area contributed by atoms with Crippen molar-refractivity contribution in [3.8, 4) is 5.75 Å².